The Morgan fingerprint density at radius 3 is 3.00 bits per heavy atom. The minimum atomic E-state index is 0.636. The highest BCUT2D eigenvalue weighted by atomic mass is 32.1. The molecule has 1 aromatic heterocycles. The molecule has 0 aliphatic carbocycles. The molecule has 1 saturated heterocycles. The second-order valence-corrected chi connectivity index (χ2v) is 6.31. The Morgan fingerprint density at radius 1 is 1.30 bits per heavy atom. The molecule has 3 rings (SSSR count). The smallest absolute Gasteiger partial charge is 0.119 e. The molecular weight excluding hydrogens is 268 g/mol. The van der Waals surface area contributed by atoms with Gasteiger partial charge in [0.05, 0.1) is 12.1 Å². The van der Waals surface area contributed by atoms with Gasteiger partial charge in [-0.2, -0.15) is 0 Å². The van der Waals surface area contributed by atoms with Crippen LogP contribution >= 0.6 is 11.3 Å². The van der Waals surface area contributed by atoms with Crippen molar-refractivity contribution in [3.63, 3.8) is 0 Å². The minimum absolute atomic E-state index is 0.636. The van der Waals surface area contributed by atoms with Gasteiger partial charge in [0.1, 0.15) is 5.75 Å². The number of likely N-dealkylation sites (tertiary alicyclic amines) is 1. The first-order valence-electron chi connectivity index (χ1n) is 7.18. The maximum absolute atomic E-state index is 5.89. The zero-order valence-electron chi connectivity index (χ0n) is 11.6. The van der Waals surface area contributed by atoms with Crippen LogP contribution in [0.1, 0.15) is 17.7 Å². The summed E-state index contributed by atoms with van der Waals surface area (Å²) in [5, 5.41) is 0. The van der Waals surface area contributed by atoms with E-state index < -0.39 is 0 Å². The van der Waals surface area contributed by atoms with Crippen LogP contribution in [0.25, 0.3) is 0 Å². The van der Waals surface area contributed by atoms with Gasteiger partial charge in [0.25, 0.3) is 0 Å². The van der Waals surface area contributed by atoms with E-state index in [2.05, 4.69) is 9.88 Å². The number of piperidine rings is 1. The van der Waals surface area contributed by atoms with Crippen LogP contribution in [-0.4, -0.2) is 29.6 Å². The van der Waals surface area contributed by atoms with E-state index in [1.54, 1.807) is 11.3 Å². The van der Waals surface area contributed by atoms with Crippen LogP contribution in [0.4, 0.5) is 0 Å². The second-order valence-electron chi connectivity index (χ2n) is 5.34. The van der Waals surface area contributed by atoms with E-state index in [1.165, 1.54) is 24.3 Å². The van der Waals surface area contributed by atoms with Crippen molar-refractivity contribution in [1.82, 2.24) is 9.88 Å². The second kappa shape index (κ2) is 6.86. The largest absolute Gasteiger partial charge is 0.493 e. The number of hydrogen-bond donors (Lipinski definition) is 0. The minimum Gasteiger partial charge on any atom is -0.493 e. The lowest BCUT2D eigenvalue weighted by atomic mass is 9.99. The molecule has 0 N–H and O–H groups in total. The highest BCUT2D eigenvalue weighted by molar-refractivity contribution is 7.09. The van der Waals surface area contributed by atoms with E-state index in [0.29, 0.717) is 5.92 Å². The number of benzene rings is 1. The van der Waals surface area contributed by atoms with Crippen molar-refractivity contribution in [3.8, 4) is 5.75 Å². The normalized spacial score (nSPS) is 19.9. The predicted molar refractivity (Wildman–Crippen MR) is 82.1 cm³/mol. The summed E-state index contributed by atoms with van der Waals surface area (Å²) in [5.41, 5.74) is 1.91. The van der Waals surface area contributed by atoms with Crippen LogP contribution in [0, 0.1) is 5.92 Å². The van der Waals surface area contributed by atoms with E-state index in [1.807, 2.05) is 42.0 Å². The Kier molecular flexibility index (Phi) is 4.66. The molecular formula is C16H20N2OS. The molecule has 1 aliphatic heterocycles. The van der Waals surface area contributed by atoms with Crippen LogP contribution in [0.15, 0.2) is 42.0 Å². The molecule has 1 aliphatic rings. The molecule has 0 saturated carbocycles. The molecule has 2 heterocycles. The standard InChI is InChI=1S/C16H20N2OS/c1-2-6-15(7-3-1)19-12-14-5-4-8-18(10-14)11-16-9-17-13-20-16/h1-3,6-7,9,13-14H,4-5,8,10-12H2/t14-/m0/s1. The van der Waals surface area contributed by atoms with E-state index >= 15 is 0 Å². The summed E-state index contributed by atoms with van der Waals surface area (Å²) >= 11 is 1.74. The highest BCUT2D eigenvalue weighted by Crippen LogP contribution is 2.21. The third-order valence-electron chi connectivity index (χ3n) is 3.69. The molecule has 0 amide bonds. The summed E-state index contributed by atoms with van der Waals surface area (Å²) in [6, 6.07) is 10.1. The number of rotatable bonds is 5. The van der Waals surface area contributed by atoms with Crippen LogP contribution in [0.5, 0.6) is 5.75 Å². The van der Waals surface area contributed by atoms with Crippen molar-refractivity contribution in [2.45, 2.75) is 19.4 Å². The van der Waals surface area contributed by atoms with Crippen molar-refractivity contribution in [3.05, 3.63) is 46.9 Å². The third kappa shape index (κ3) is 3.81. The Hall–Kier alpha value is -1.39. The fourth-order valence-electron chi connectivity index (χ4n) is 2.70. The van der Waals surface area contributed by atoms with Gasteiger partial charge in [-0.1, -0.05) is 18.2 Å². The topological polar surface area (TPSA) is 25.4 Å². The highest BCUT2D eigenvalue weighted by Gasteiger charge is 2.20. The molecule has 1 aromatic carbocycles. The molecule has 0 unspecified atom stereocenters. The third-order valence-corrected chi connectivity index (χ3v) is 4.46. The monoisotopic (exact) mass is 288 g/mol. The van der Waals surface area contributed by atoms with Gasteiger partial charge in [0.2, 0.25) is 0 Å². The average molecular weight is 288 g/mol. The fourth-order valence-corrected chi connectivity index (χ4v) is 3.34. The number of ether oxygens (including phenoxy) is 1. The van der Waals surface area contributed by atoms with Gasteiger partial charge in [-0.3, -0.25) is 9.88 Å². The van der Waals surface area contributed by atoms with Crippen molar-refractivity contribution in [1.29, 1.82) is 0 Å². The zero-order chi connectivity index (χ0) is 13.6. The molecule has 0 spiro atoms. The summed E-state index contributed by atoms with van der Waals surface area (Å²) in [4.78, 5) is 8.03. The van der Waals surface area contributed by atoms with E-state index in [-0.39, 0.29) is 0 Å². The molecule has 1 fully saturated rings. The van der Waals surface area contributed by atoms with E-state index in [4.69, 9.17) is 4.74 Å². The number of hydrogen-bond acceptors (Lipinski definition) is 4. The van der Waals surface area contributed by atoms with Gasteiger partial charge in [0, 0.05) is 30.1 Å². The molecule has 3 nitrogen and oxygen atoms in total. The predicted octanol–water partition coefficient (Wildman–Crippen LogP) is 3.43. The van der Waals surface area contributed by atoms with Gasteiger partial charge in [0.15, 0.2) is 0 Å². The van der Waals surface area contributed by atoms with Crippen LogP contribution in [0.2, 0.25) is 0 Å². The van der Waals surface area contributed by atoms with Crippen molar-refractivity contribution < 1.29 is 4.74 Å². The Bertz CT molecular complexity index is 500. The number of thiazole rings is 1. The number of aromatic nitrogens is 1. The van der Waals surface area contributed by atoms with Crippen molar-refractivity contribution in [2.75, 3.05) is 19.7 Å². The molecule has 2 aromatic rings. The average Bonchev–Trinajstić information content (AvgIpc) is 3.00. The van der Waals surface area contributed by atoms with Crippen molar-refractivity contribution in [2.24, 2.45) is 5.92 Å². The maximum Gasteiger partial charge on any atom is 0.119 e. The lowest BCUT2D eigenvalue weighted by molar-refractivity contribution is 0.126. The lowest BCUT2D eigenvalue weighted by Crippen LogP contribution is -2.37. The summed E-state index contributed by atoms with van der Waals surface area (Å²) < 4.78 is 5.89. The first-order valence-corrected chi connectivity index (χ1v) is 8.06. The van der Waals surface area contributed by atoms with E-state index in [9.17, 15) is 0 Å². The molecule has 0 bridgehead atoms. The van der Waals surface area contributed by atoms with Crippen LogP contribution in [0.3, 0.4) is 0 Å². The molecule has 106 valence electrons. The lowest BCUT2D eigenvalue weighted by Gasteiger charge is -2.32. The van der Waals surface area contributed by atoms with Crippen LogP contribution < -0.4 is 4.74 Å². The summed E-state index contributed by atoms with van der Waals surface area (Å²) in [5.74, 6) is 1.61. The van der Waals surface area contributed by atoms with Gasteiger partial charge in [-0.25, -0.2) is 0 Å². The van der Waals surface area contributed by atoms with Gasteiger partial charge < -0.3 is 4.74 Å². The van der Waals surface area contributed by atoms with Gasteiger partial charge in [-0.15, -0.1) is 11.3 Å². The summed E-state index contributed by atoms with van der Waals surface area (Å²) in [7, 11) is 0. The Labute approximate surface area is 124 Å². The molecule has 4 heteroatoms. The first-order chi connectivity index (χ1) is 9.90. The molecule has 1 atom stereocenters. The molecule has 0 radical (unpaired) electrons. The van der Waals surface area contributed by atoms with E-state index in [0.717, 1.165) is 25.4 Å². The quantitative estimate of drug-likeness (QED) is 0.843. The van der Waals surface area contributed by atoms with Gasteiger partial charge >= 0.3 is 0 Å². The molecule has 20 heavy (non-hydrogen) atoms. The summed E-state index contributed by atoms with van der Waals surface area (Å²) in [6.45, 7) is 4.18. The SMILES string of the molecule is c1ccc(OC[C@H]2CCCN(Cc3cncs3)C2)cc1. The maximum atomic E-state index is 5.89. The Morgan fingerprint density at radius 2 is 2.20 bits per heavy atom. The van der Waals surface area contributed by atoms with Crippen LogP contribution in [-0.2, 0) is 6.54 Å². The Balaban J connectivity index is 1.48. The number of para-hydroxylation sites is 1. The zero-order valence-corrected chi connectivity index (χ0v) is 12.4. The van der Waals surface area contributed by atoms with Crippen molar-refractivity contribution >= 4 is 11.3 Å². The van der Waals surface area contributed by atoms with Gasteiger partial charge in [-0.05, 0) is 31.5 Å². The number of nitrogens with zero attached hydrogens (tertiary/aromatic N) is 2. The first kappa shape index (κ1) is 13.6. The summed E-state index contributed by atoms with van der Waals surface area (Å²) in [6.07, 6.45) is 4.52. The fraction of sp³-hybridized carbons (Fsp3) is 0.438.